The lowest BCUT2D eigenvalue weighted by atomic mass is 10.0. The minimum Gasteiger partial charge on any atom is -0.393 e. The van der Waals surface area contributed by atoms with E-state index in [4.69, 9.17) is 0 Å². The van der Waals surface area contributed by atoms with Gasteiger partial charge in [-0.25, -0.2) is 4.98 Å². The van der Waals surface area contributed by atoms with Crippen molar-refractivity contribution < 1.29 is 5.11 Å². The number of aliphatic hydroxyl groups is 1. The molecular weight excluding hydrogens is 188 g/mol. The van der Waals surface area contributed by atoms with Crippen molar-refractivity contribution >= 4 is 0 Å². The van der Waals surface area contributed by atoms with Crippen molar-refractivity contribution in [1.82, 2.24) is 9.55 Å². The predicted octanol–water partition coefficient (Wildman–Crippen LogP) is 2.24. The Morgan fingerprint density at radius 3 is 2.80 bits per heavy atom. The van der Waals surface area contributed by atoms with Crippen molar-refractivity contribution in [1.29, 1.82) is 0 Å². The molecule has 3 heteroatoms. The molecule has 0 fully saturated rings. The molecule has 0 saturated heterocycles. The van der Waals surface area contributed by atoms with Crippen molar-refractivity contribution in [2.45, 2.75) is 52.7 Å². The zero-order valence-electron chi connectivity index (χ0n) is 9.98. The number of aromatic nitrogens is 2. The molecule has 1 aromatic heterocycles. The van der Waals surface area contributed by atoms with Gasteiger partial charge in [0.05, 0.1) is 6.10 Å². The van der Waals surface area contributed by atoms with Gasteiger partial charge >= 0.3 is 0 Å². The van der Waals surface area contributed by atoms with Gasteiger partial charge in [-0.1, -0.05) is 13.8 Å². The van der Waals surface area contributed by atoms with E-state index < -0.39 is 0 Å². The van der Waals surface area contributed by atoms with Crippen LogP contribution in [0.1, 0.15) is 39.4 Å². The predicted molar refractivity (Wildman–Crippen MR) is 61.7 cm³/mol. The van der Waals surface area contributed by atoms with Gasteiger partial charge in [0.25, 0.3) is 0 Å². The van der Waals surface area contributed by atoms with Crippen LogP contribution >= 0.6 is 0 Å². The number of imidazole rings is 1. The Labute approximate surface area is 92.1 Å². The first kappa shape index (κ1) is 12.2. The Morgan fingerprint density at radius 1 is 1.47 bits per heavy atom. The van der Waals surface area contributed by atoms with Crippen LogP contribution in [0.5, 0.6) is 0 Å². The quantitative estimate of drug-likeness (QED) is 0.782. The number of rotatable bonds is 6. The van der Waals surface area contributed by atoms with Gasteiger partial charge in [0, 0.05) is 25.4 Å². The zero-order valence-corrected chi connectivity index (χ0v) is 9.98. The zero-order chi connectivity index (χ0) is 11.3. The molecule has 0 bridgehead atoms. The van der Waals surface area contributed by atoms with E-state index in [-0.39, 0.29) is 6.10 Å². The minimum absolute atomic E-state index is 0.171. The highest BCUT2D eigenvalue weighted by molar-refractivity contribution is 4.92. The van der Waals surface area contributed by atoms with E-state index in [1.807, 2.05) is 12.4 Å². The summed E-state index contributed by atoms with van der Waals surface area (Å²) >= 11 is 0. The molecule has 0 spiro atoms. The van der Waals surface area contributed by atoms with Crippen LogP contribution in [0.25, 0.3) is 0 Å². The fourth-order valence-corrected chi connectivity index (χ4v) is 1.66. The number of hydrogen-bond acceptors (Lipinski definition) is 2. The lowest BCUT2D eigenvalue weighted by Crippen LogP contribution is -2.15. The van der Waals surface area contributed by atoms with Crippen LogP contribution in [0, 0.1) is 5.92 Å². The minimum atomic E-state index is -0.171. The average Bonchev–Trinajstić information content (AvgIpc) is 2.65. The third-order valence-electron chi connectivity index (χ3n) is 2.81. The number of nitrogens with zero attached hydrogens (tertiary/aromatic N) is 2. The van der Waals surface area contributed by atoms with E-state index >= 15 is 0 Å². The first-order valence-electron chi connectivity index (χ1n) is 5.83. The molecule has 0 aliphatic rings. The van der Waals surface area contributed by atoms with Gasteiger partial charge in [0.2, 0.25) is 0 Å². The molecule has 1 aromatic rings. The molecule has 1 heterocycles. The maximum absolute atomic E-state index is 9.65. The molecule has 0 aliphatic heterocycles. The van der Waals surface area contributed by atoms with E-state index in [0.717, 1.165) is 31.6 Å². The number of hydrogen-bond donors (Lipinski definition) is 1. The Balaban J connectivity index is 2.31. The summed E-state index contributed by atoms with van der Waals surface area (Å²) in [4.78, 5) is 4.31. The molecule has 0 aliphatic carbocycles. The van der Waals surface area contributed by atoms with Crippen molar-refractivity contribution in [2.75, 3.05) is 0 Å². The van der Waals surface area contributed by atoms with Crippen LogP contribution in [0.2, 0.25) is 0 Å². The van der Waals surface area contributed by atoms with Crippen molar-refractivity contribution in [3.05, 3.63) is 18.2 Å². The van der Waals surface area contributed by atoms with E-state index in [0.29, 0.717) is 5.92 Å². The molecule has 3 nitrogen and oxygen atoms in total. The molecule has 15 heavy (non-hydrogen) atoms. The van der Waals surface area contributed by atoms with Crippen LogP contribution in [-0.4, -0.2) is 20.8 Å². The number of aliphatic hydroxyl groups excluding tert-OH is 1. The van der Waals surface area contributed by atoms with Crippen molar-refractivity contribution in [3.8, 4) is 0 Å². The second-order valence-electron chi connectivity index (χ2n) is 4.33. The van der Waals surface area contributed by atoms with Crippen molar-refractivity contribution in [3.63, 3.8) is 0 Å². The third-order valence-corrected chi connectivity index (χ3v) is 2.81. The summed E-state index contributed by atoms with van der Waals surface area (Å²) in [5.74, 6) is 1.49. The molecule has 86 valence electrons. The summed E-state index contributed by atoms with van der Waals surface area (Å²) in [5.41, 5.74) is 0. The molecule has 0 aromatic carbocycles. The highest BCUT2D eigenvalue weighted by atomic mass is 16.3. The summed E-state index contributed by atoms with van der Waals surface area (Å²) in [6, 6.07) is 0. The maximum Gasteiger partial charge on any atom is 0.108 e. The van der Waals surface area contributed by atoms with Gasteiger partial charge in [-0.3, -0.25) is 0 Å². The Hall–Kier alpha value is -0.830. The lowest BCUT2D eigenvalue weighted by Gasteiger charge is -2.13. The highest BCUT2D eigenvalue weighted by Crippen LogP contribution is 2.10. The summed E-state index contributed by atoms with van der Waals surface area (Å²) in [6.07, 6.45) is 6.52. The van der Waals surface area contributed by atoms with E-state index in [1.165, 1.54) is 0 Å². The third kappa shape index (κ3) is 3.67. The van der Waals surface area contributed by atoms with Gasteiger partial charge in [0.1, 0.15) is 5.82 Å². The lowest BCUT2D eigenvalue weighted by molar-refractivity contribution is 0.114. The Morgan fingerprint density at radius 2 is 2.20 bits per heavy atom. The SMILES string of the molecule is CCn1ccnc1CCCC(O)C(C)C. The Bertz CT molecular complexity index is 281. The highest BCUT2D eigenvalue weighted by Gasteiger charge is 2.09. The average molecular weight is 210 g/mol. The van der Waals surface area contributed by atoms with Crippen LogP contribution in [0.3, 0.4) is 0 Å². The van der Waals surface area contributed by atoms with Crippen LogP contribution in [0.15, 0.2) is 12.4 Å². The molecule has 1 N–H and O–H groups in total. The Kier molecular flexibility index (Phi) is 4.82. The second-order valence-corrected chi connectivity index (χ2v) is 4.33. The van der Waals surface area contributed by atoms with Crippen LogP contribution < -0.4 is 0 Å². The van der Waals surface area contributed by atoms with Gasteiger partial charge in [-0.05, 0) is 25.7 Å². The first-order valence-corrected chi connectivity index (χ1v) is 5.83. The fraction of sp³-hybridized carbons (Fsp3) is 0.750. The summed E-state index contributed by atoms with van der Waals surface area (Å²) in [5, 5.41) is 9.65. The monoisotopic (exact) mass is 210 g/mol. The topological polar surface area (TPSA) is 38.0 Å². The van der Waals surface area contributed by atoms with E-state index in [9.17, 15) is 5.11 Å². The van der Waals surface area contributed by atoms with Crippen LogP contribution in [0.4, 0.5) is 0 Å². The second kappa shape index (κ2) is 5.91. The molecular formula is C12H22N2O. The van der Waals surface area contributed by atoms with Gasteiger partial charge in [-0.15, -0.1) is 0 Å². The largest absolute Gasteiger partial charge is 0.393 e. The maximum atomic E-state index is 9.65. The van der Waals surface area contributed by atoms with Crippen LogP contribution in [-0.2, 0) is 13.0 Å². The normalized spacial score (nSPS) is 13.4. The van der Waals surface area contributed by atoms with E-state index in [2.05, 4.69) is 30.3 Å². The summed E-state index contributed by atoms with van der Waals surface area (Å²) in [6.45, 7) is 7.20. The van der Waals surface area contributed by atoms with Crippen molar-refractivity contribution in [2.24, 2.45) is 5.92 Å². The fourth-order valence-electron chi connectivity index (χ4n) is 1.66. The number of aryl methyl sites for hydroxylation is 2. The molecule has 1 unspecified atom stereocenters. The smallest absolute Gasteiger partial charge is 0.108 e. The van der Waals surface area contributed by atoms with Gasteiger partial charge < -0.3 is 9.67 Å². The summed E-state index contributed by atoms with van der Waals surface area (Å²) in [7, 11) is 0. The summed E-state index contributed by atoms with van der Waals surface area (Å²) < 4.78 is 2.15. The van der Waals surface area contributed by atoms with Gasteiger partial charge in [-0.2, -0.15) is 0 Å². The first-order chi connectivity index (χ1) is 7.15. The molecule has 1 atom stereocenters. The molecule has 0 saturated carbocycles. The molecule has 0 radical (unpaired) electrons. The van der Waals surface area contributed by atoms with E-state index in [1.54, 1.807) is 0 Å². The standard InChI is InChI=1S/C12H22N2O/c1-4-14-9-8-13-12(14)7-5-6-11(15)10(2)3/h8-11,15H,4-7H2,1-3H3. The van der Waals surface area contributed by atoms with Gasteiger partial charge in [0.15, 0.2) is 0 Å². The molecule has 0 amide bonds. The molecule has 1 rings (SSSR count).